The molecule has 5 heteroatoms. The molecule has 0 saturated heterocycles. The van der Waals surface area contributed by atoms with Gasteiger partial charge in [0.25, 0.3) is 0 Å². The number of rotatable bonds is 3. The summed E-state index contributed by atoms with van der Waals surface area (Å²) in [6, 6.07) is 0. The average Bonchev–Trinajstić information content (AvgIpc) is 1.80. The first-order valence-electron chi connectivity index (χ1n) is 2.72. The van der Waals surface area contributed by atoms with Crippen LogP contribution in [0.25, 0.3) is 0 Å². The fourth-order valence-corrected chi connectivity index (χ4v) is 0.405. The van der Waals surface area contributed by atoms with Crippen molar-refractivity contribution in [1.82, 2.24) is 0 Å². The van der Waals surface area contributed by atoms with E-state index in [1.54, 1.807) is 0 Å². The van der Waals surface area contributed by atoms with E-state index in [2.05, 4.69) is 0 Å². The molecule has 0 aliphatic rings. The minimum absolute atomic E-state index is 0.0410. The normalized spacial score (nSPS) is 14.8. The van der Waals surface area contributed by atoms with Crippen molar-refractivity contribution in [3.8, 4) is 0 Å². The smallest absolute Gasteiger partial charge is 0.384 e. The van der Waals surface area contributed by atoms with Crippen LogP contribution in [0.4, 0.5) is 13.2 Å². The highest BCUT2D eigenvalue weighted by molar-refractivity contribution is 5.52. The fraction of sp³-hybridized carbons (Fsp3) is 0.800. The molecule has 0 rings (SSSR count). The van der Waals surface area contributed by atoms with Crippen molar-refractivity contribution < 1.29 is 18.3 Å². The van der Waals surface area contributed by atoms with Crippen LogP contribution in [0.3, 0.4) is 0 Å². The Morgan fingerprint density at radius 3 is 2.30 bits per heavy atom. The van der Waals surface area contributed by atoms with E-state index < -0.39 is 18.7 Å². The maximum atomic E-state index is 11.4. The number of hydrogen-bond acceptors (Lipinski definition) is 2. The van der Waals surface area contributed by atoms with Crippen molar-refractivity contribution in [2.24, 2.45) is 0 Å². The van der Waals surface area contributed by atoms with Crippen molar-refractivity contribution in [2.75, 3.05) is 0 Å². The molecule has 0 aliphatic carbocycles. The van der Waals surface area contributed by atoms with Crippen LogP contribution in [-0.4, -0.2) is 23.6 Å². The summed E-state index contributed by atoms with van der Waals surface area (Å²) in [5.74, 6) is 0. The van der Waals surface area contributed by atoms with Crippen molar-refractivity contribution in [3.05, 3.63) is 0 Å². The highest BCUT2D eigenvalue weighted by Gasteiger charge is 2.37. The summed E-state index contributed by atoms with van der Waals surface area (Å²) in [5, 5.41) is 14.7. The maximum absolute atomic E-state index is 11.4. The molecule has 0 aromatic carbocycles. The van der Waals surface area contributed by atoms with Gasteiger partial charge in [-0.3, -0.25) is 0 Å². The monoisotopic (exact) mass is 155 g/mol. The van der Waals surface area contributed by atoms with Gasteiger partial charge in [0.15, 0.2) is 0 Å². The number of halogens is 3. The molecule has 2 nitrogen and oxygen atoms in total. The zero-order valence-electron chi connectivity index (χ0n) is 5.15. The van der Waals surface area contributed by atoms with Gasteiger partial charge < -0.3 is 10.5 Å². The molecule has 10 heavy (non-hydrogen) atoms. The SMILES string of the molecule is N=CCCC(O)C(F)(F)F. The van der Waals surface area contributed by atoms with Gasteiger partial charge in [0.1, 0.15) is 6.10 Å². The Balaban J connectivity index is 3.61. The van der Waals surface area contributed by atoms with Crippen LogP contribution in [0.5, 0.6) is 0 Å². The molecule has 0 aromatic heterocycles. The minimum Gasteiger partial charge on any atom is -0.384 e. The molecule has 0 aliphatic heterocycles. The van der Waals surface area contributed by atoms with E-state index in [1.807, 2.05) is 0 Å². The van der Waals surface area contributed by atoms with Gasteiger partial charge in [0.2, 0.25) is 0 Å². The maximum Gasteiger partial charge on any atom is 0.414 e. The van der Waals surface area contributed by atoms with Crippen LogP contribution >= 0.6 is 0 Å². The Morgan fingerprint density at radius 1 is 1.50 bits per heavy atom. The predicted octanol–water partition coefficient (Wildman–Crippen LogP) is 1.34. The molecule has 60 valence electrons. The molecular formula is C5H8F3NO. The lowest BCUT2D eigenvalue weighted by Gasteiger charge is -2.12. The zero-order chi connectivity index (χ0) is 8.20. The molecule has 1 unspecified atom stereocenters. The van der Waals surface area contributed by atoms with E-state index in [0.717, 1.165) is 6.21 Å². The van der Waals surface area contributed by atoms with E-state index in [9.17, 15) is 13.2 Å². The van der Waals surface area contributed by atoms with E-state index >= 15 is 0 Å². The molecule has 0 amide bonds. The average molecular weight is 155 g/mol. The second-order valence-corrected chi connectivity index (χ2v) is 1.84. The third-order valence-corrected chi connectivity index (χ3v) is 0.962. The summed E-state index contributed by atoms with van der Waals surface area (Å²) in [5.41, 5.74) is 0. The molecule has 0 radical (unpaired) electrons. The van der Waals surface area contributed by atoms with Gasteiger partial charge in [-0.2, -0.15) is 13.2 Å². The molecule has 0 fully saturated rings. The lowest BCUT2D eigenvalue weighted by Crippen LogP contribution is -2.28. The van der Waals surface area contributed by atoms with Gasteiger partial charge in [0.05, 0.1) is 0 Å². The van der Waals surface area contributed by atoms with E-state index in [4.69, 9.17) is 10.5 Å². The lowest BCUT2D eigenvalue weighted by molar-refractivity contribution is -0.204. The molecule has 0 spiro atoms. The van der Waals surface area contributed by atoms with Crippen molar-refractivity contribution in [2.45, 2.75) is 25.1 Å². The van der Waals surface area contributed by atoms with Crippen molar-refractivity contribution in [1.29, 1.82) is 5.41 Å². The Kier molecular flexibility index (Phi) is 3.35. The summed E-state index contributed by atoms with van der Waals surface area (Å²) >= 11 is 0. The van der Waals surface area contributed by atoms with Crippen LogP contribution in [0.2, 0.25) is 0 Å². The number of hydrogen-bond donors (Lipinski definition) is 2. The first-order valence-corrected chi connectivity index (χ1v) is 2.72. The van der Waals surface area contributed by atoms with E-state index in [0.29, 0.717) is 0 Å². The van der Waals surface area contributed by atoms with E-state index in [1.165, 1.54) is 0 Å². The highest BCUT2D eigenvalue weighted by atomic mass is 19.4. The molecule has 0 aromatic rings. The first kappa shape index (κ1) is 9.42. The van der Waals surface area contributed by atoms with Crippen LogP contribution < -0.4 is 0 Å². The summed E-state index contributed by atoms with van der Waals surface area (Å²) in [6.07, 6.45) is -6.44. The second-order valence-electron chi connectivity index (χ2n) is 1.84. The largest absolute Gasteiger partial charge is 0.414 e. The summed E-state index contributed by atoms with van der Waals surface area (Å²) in [7, 11) is 0. The van der Waals surface area contributed by atoms with Gasteiger partial charge in [-0.25, -0.2) is 0 Å². The number of aliphatic hydroxyl groups is 1. The Bertz CT molecular complexity index is 112. The van der Waals surface area contributed by atoms with Crippen LogP contribution in [0, 0.1) is 5.41 Å². The Morgan fingerprint density at radius 2 is 2.00 bits per heavy atom. The number of aliphatic hydroxyl groups excluding tert-OH is 1. The van der Waals surface area contributed by atoms with Gasteiger partial charge in [0, 0.05) is 0 Å². The summed E-state index contributed by atoms with van der Waals surface area (Å²) in [4.78, 5) is 0. The summed E-state index contributed by atoms with van der Waals surface area (Å²) < 4.78 is 34.3. The van der Waals surface area contributed by atoms with Gasteiger partial charge in [-0.15, -0.1) is 0 Å². The quantitative estimate of drug-likeness (QED) is 0.593. The third kappa shape index (κ3) is 3.45. The molecule has 0 heterocycles. The molecule has 0 saturated carbocycles. The van der Waals surface area contributed by atoms with Gasteiger partial charge in [-0.1, -0.05) is 0 Å². The van der Waals surface area contributed by atoms with Gasteiger partial charge in [-0.05, 0) is 19.1 Å². The van der Waals surface area contributed by atoms with Gasteiger partial charge >= 0.3 is 6.18 Å². The number of nitrogens with one attached hydrogen (secondary N) is 1. The first-order chi connectivity index (χ1) is 4.48. The zero-order valence-corrected chi connectivity index (χ0v) is 5.15. The topological polar surface area (TPSA) is 44.1 Å². The Labute approximate surface area is 56.2 Å². The van der Waals surface area contributed by atoms with Crippen LogP contribution in [-0.2, 0) is 0 Å². The highest BCUT2D eigenvalue weighted by Crippen LogP contribution is 2.22. The second kappa shape index (κ2) is 3.55. The fourth-order valence-electron chi connectivity index (χ4n) is 0.405. The van der Waals surface area contributed by atoms with Crippen molar-refractivity contribution >= 4 is 6.21 Å². The lowest BCUT2D eigenvalue weighted by atomic mass is 10.2. The van der Waals surface area contributed by atoms with Crippen LogP contribution in [0.15, 0.2) is 0 Å². The predicted molar refractivity (Wildman–Crippen MR) is 30.1 cm³/mol. The standard InChI is InChI=1S/C5H8F3NO/c6-5(7,8)4(10)2-1-3-9/h3-4,9-10H,1-2H2. The minimum atomic E-state index is -4.54. The molecule has 2 N–H and O–H groups in total. The summed E-state index contributed by atoms with van der Waals surface area (Å²) in [6.45, 7) is 0. The molecular weight excluding hydrogens is 147 g/mol. The number of alkyl halides is 3. The molecule has 1 atom stereocenters. The van der Waals surface area contributed by atoms with Crippen molar-refractivity contribution in [3.63, 3.8) is 0 Å². The third-order valence-electron chi connectivity index (χ3n) is 0.962. The molecule has 0 bridgehead atoms. The Hall–Kier alpha value is -0.580. The van der Waals surface area contributed by atoms with Crippen LogP contribution in [0.1, 0.15) is 12.8 Å². The van der Waals surface area contributed by atoms with E-state index in [-0.39, 0.29) is 6.42 Å².